The zero-order valence-corrected chi connectivity index (χ0v) is 8.55. The summed E-state index contributed by atoms with van der Waals surface area (Å²) in [6.07, 6.45) is -0.0361. The maximum Gasteiger partial charge on any atom is 0.263 e. The fraction of sp³-hybridized carbons (Fsp3) is 0.500. The summed E-state index contributed by atoms with van der Waals surface area (Å²) < 4.78 is 24.7. The molecule has 15 heavy (non-hydrogen) atoms. The average Bonchev–Trinajstić information content (AvgIpc) is 2.30. The van der Waals surface area contributed by atoms with Gasteiger partial charge in [0.25, 0.3) is 6.43 Å². The van der Waals surface area contributed by atoms with Gasteiger partial charge in [0.05, 0.1) is 0 Å². The van der Waals surface area contributed by atoms with Gasteiger partial charge in [0.15, 0.2) is 0 Å². The molecule has 1 aromatic carbocycles. The van der Waals surface area contributed by atoms with Crippen LogP contribution >= 0.6 is 0 Å². The summed E-state index contributed by atoms with van der Waals surface area (Å²) in [5.74, 6) is 0.491. The normalized spacial score (nSPS) is 21.9. The second-order valence-corrected chi connectivity index (χ2v) is 4.01. The lowest BCUT2D eigenvalue weighted by Gasteiger charge is -2.23. The summed E-state index contributed by atoms with van der Waals surface area (Å²) in [6, 6.07) is 6.74. The fourth-order valence-electron chi connectivity index (χ4n) is 2.05. The third kappa shape index (κ3) is 2.53. The molecule has 1 aliphatic rings. The average molecular weight is 211 g/mol. The molecular formula is C12H15F2N. The van der Waals surface area contributed by atoms with Crippen molar-refractivity contribution in [2.75, 3.05) is 13.1 Å². The van der Waals surface area contributed by atoms with Crippen molar-refractivity contribution in [1.29, 1.82) is 0 Å². The maximum absolute atomic E-state index is 12.3. The van der Waals surface area contributed by atoms with Gasteiger partial charge in [-0.3, -0.25) is 0 Å². The van der Waals surface area contributed by atoms with E-state index >= 15 is 0 Å². The first-order valence-electron chi connectivity index (χ1n) is 5.36. The van der Waals surface area contributed by atoms with Crippen LogP contribution in [0.5, 0.6) is 0 Å². The Labute approximate surface area is 88.5 Å². The number of nitrogens with one attached hydrogen (secondary N) is 1. The molecule has 0 aromatic heterocycles. The van der Waals surface area contributed by atoms with Crippen molar-refractivity contribution in [3.63, 3.8) is 0 Å². The van der Waals surface area contributed by atoms with Crippen molar-refractivity contribution >= 4 is 0 Å². The molecule has 0 amide bonds. The maximum atomic E-state index is 12.3. The van der Waals surface area contributed by atoms with E-state index in [4.69, 9.17) is 0 Å². The molecule has 1 atom stereocenters. The van der Waals surface area contributed by atoms with Crippen molar-refractivity contribution < 1.29 is 8.78 Å². The first-order chi connectivity index (χ1) is 7.27. The lowest BCUT2D eigenvalue weighted by Crippen LogP contribution is -2.28. The minimum atomic E-state index is -2.36. The molecule has 1 fully saturated rings. The highest BCUT2D eigenvalue weighted by atomic mass is 19.3. The van der Waals surface area contributed by atoms with Gasteiger partial charge in [-0.2, -0.15) is 0 Å². The summed E-state index contributed by atoms with van der Waals surface area (Å²) in [6.45, 7) is 2.04. The minimum absolute atomic E-state index is 0.113. The molecule has 0 saturated carbocycles. The van der Waals surface area contributed by atoms with E-state index in [-0.39, 0.29) is 5.56 Å². The molecule has 1 aliphatic heterocycles. The molecule has 1 aromatic rings. The molecule has 0 bridgehead atoms. The topological polar surface area (TPSA) is 12.0 Å². The van der Waals surface area contributed by atoms with Crippen LogP contribution in [0.15, 0.2) is 24.3 Å². The van der Waals surface area contributed by atoms with Crippen LogP contribution in [0.25, 0.3) is 0 Å². The Hall–Kier alpha value is -0.960. The van der Waals surface area contributed by atoms with Crippen molar-refractivity contribution in [3.8, 4) is 0 Å². The van der Waals surface area contributed by atoms with Crippen LogP contribution in [-0.4, -0.2) is 13.1 Å². The third-order valence-electron chi connectivity index (χ3n) is 2.96. The zero-order valence-electron chi connectivity index (χ0n) is 8.55. The van der Waals surface area contributed by atoms with E-state index in [9.17, 15) is 8.78 Å². The van der Waals surface area contributed by atoms with Crippen LogP contribution in [0.2, 0.25) is 0 Å². The summed E-state index contributed by atoms with van der Waals surface area (Å²) in [7, 11) is 0. The Morgan fingerprint density at radius 3 is 2.47 bits per heavy atom. The number of hydrogen-bond acceptors (Lipinski definition) is 1. The van der Waals surface area contributed by atoms with E-state index in [1.165, 1.54) is 24.1 Å². The SMILES string of the molecule is FC(F)c1ccc(C2CCCNC2)cc1. The van der Waals surface area contributed by atoms with Crippen molar-refractivity contribution in [2.45, 2.75) is 25.2 Å². The Balaban J connectivity index is 2.08. The van der Waals surface area contributed by atoms with Crippen LogP contribution in [0.1, 0.15) is 36.3 Å². The molecule has 82 valence electrons. The van der Waals surface area contributed by atoms with Gasteiger partial charge in [-0.15, -0.1) is 0 Å². The first-order valence-corrected chi connectivity index (χ1v) is 5.36. The van der Waals surface area contributed by atoms with Gasteiger partial charge in [-0.1, -0.05) is 24.3 Å². The lowest BCUT2D eigenvalue weighted by atomic mass is 9.91. The molecule has 1 N–H and O–H groups in total. The predicted molar refractivity (Wildman–Crippen MR) is 56.2 cm³/mol. The number of alkyl halides is 2. The Morgan fingerprint density at radius 1 is 1.20 bits per heavy atom. The second-order valence-electron chi connectivity index (χ2n) is 4.01. The smallest absolute Gasteiger partial charge is 0.263 e. The highest BCUT2D eigenvalue weighted by molar-refractivity contribution is 5.26. The van der Waals surface area contributed by atoms with E-state index < -0.39 is 6.43 Å². The summed E-state index contributed by atoms with van der Waals surface area (Å²) in [4.78, 5) is 0. The molecule has 3 heteroatoms. The number of halogens is 2. The van der Waals surface area contributed by atoms with Crippen LogP contribution in [0.3, 0.4) is 0 Å². The monoisotopic (exact) mass is 211 g/mol. The van der Waals surface area contributed by atoms with E-state index in [0.29, 0.717) is 5.92 Å². The highest BCUT2D eigenvalue weighted by Crippen LogP contribution is 2.25. The number of rotatable bonds is 2. The standard InChI is InChI=1S/C12H15F2N/c13-12(14)10-5-3-9(4-6-10)11-2-1-7-15-8-11/h3-6,11-12,15H,1-2,7-8H2. The molecule has 1 nitrogen and oxygen atoms in total. The summed E-state index contributed by atoms with van der Waals surface area (Å²) >= 11 is 0. The molecule has 1 heterocycles. The molecule has 2 rings (SSSR count). The van der Waals surface area contributed by atoms with Crippen LogP contribution in [0, 0.1) is 0 Å². The third-order valence-corrected chi connectivity index (χ3v) is 2.96. The van der Waals surface area contributed by atoms with Gasteiger partial charge >= 0.3 is 0 Å². The Morgan fingerprint density at radius 2 is 1.93 bits per heavy atom. The number of benzene rings is 1. The number of hydrogen-bond donors (Lipinski definition) is 1. The molecule has 0 aliphatic carbocycles. The van der Waals surface area contributed by atoms with Crippen molar-refractivity contribution in [3.05, 3.63) is 35.4 Å². The van der Waals surface area contributed by atoms with Gasteiger partial charge < -0.3 is 5.32 Å². The summed E-state index contributed by atoms with van der Waals surface area (Å²) in [5, 5.41) is 3.32. The van der Waals surface area contributed by atoms with Gasteiger partial charge in [-0.25, -0.2) is 8.78 Å². The lowest BCUT2D eigenvalue weighted by molar-refractivity contribution is 0.151. The quantitative estimate of drug-likeness (QED) is 0.792. The largest absolute Gasteiger partial charge is 0.316 e. The Kier molecular flexibility index (Phi) is 3.31. The molecule has 0 spiro atoms. The molecule has 0 radical (unpaired) electrons. The highest BCUT2D eigenvalue weighted by Gasteiger charge is 2.15. The van der Waals surface area contributed by atoms with Crippen molar-refractivity contribution in [1.82, 2.24) is 5.32 Å². The molecular weight excluding hydrogens is 196 g/mol. The Bertz CT molecular complexity index is 302. The van der Waals surface area contributed by atoms with Gasteiger partial charge in [0.1, 0.15) is 0 Å². The van der Waals surface area contributed by atoms with Crippen molar-refractivity contribution in [2.24, 2.45) is 0 Å². The second kappa shape index (κ2) is 4.71. The van der Waals surface area contributed by atoms with Crippen LogP contribution in [0.4, 0.5) is 8.78 Å². The van der Waals surface area contributed by atoms with E-state index in [2.05, 4.69) is 5.32 Å². The molecule has 1 saturated heterocycles. The van der Waals surface area contributed by atoms with E-state index in [1.54, 1.807) is 0 Å². The van der Waals surface area contributed by atoms with Crippen LogP contribution in [-0.2, 0) is 0 Å². The minimum Gasteiger partial charge on any atom is -0.316 e. The summed E-state index contributed by atoms with van der Waals surface area (Å²) in [5.41, 5.74) is 1.29. The first kappa shape index (κ1) is 10.6. The molecule has 1 unspecified atom stereocenters. The van der Waals surface area contributed by atoms with E-state index in [1.807, 2.05) is 12.1 Å². The van der Waals surface area contributed by atoms with Gasteiger partial charge in [0, 0.05) is 12.1 Å². The van der Waals surface area contributed by atoms with Gasteiger partial charge in [-0.05, 0) is 30.9 Å². The fourth-order valence-corrected chi connectivity index (χ4v) is 2.05. The predicted octanol–water partition coefficient (Wildman–Crippen LogP) is 3.09. The van der Waals surface area contributed by atoms with E-state index in [0.717, 1.165) is 19.5 Å². The zero-order chi connectivity index (χ0) is 10.7. The van der Waals surface area contributed by atoms with Gasteiger partial charge in [0.2, 0.25) is 0 Å². The van der Waals surface area contributed by atoms with Crippen LogP contribution < -0.4 is 5.32 Å². The number of piperidine rings is 1.